The minimum Gasteiger partial charge on any atom is -0.320 e. The lowest BCUT2D eigenvalue weighted by molar-refractivity contribution is -0.126. The molecule has 1 fully saturated rings. The highest BCUT2D eigenvalue weighted by atomic mass is 31.2. The van der Waals surface area contributed by atoms with Crippen molar-refractivity contribution in [1.82, 2.24) is 9.73 Å². The van der Waals surface area contributed by atoms with Crippen LogP contribution in [0.4, 0.5) is 0 Å². The zero-order chi connectivity index (χ0) is 15.8. The molecule has 0 aromatic carbocycles. The van der Waals surface area contributed by atoms with Crippen molar-refractivity contribution in [3.05, 3.63) is 0 Å². The zero-order valence-corrected chi connectivity index (χ0v) is 14.3. The summed E-state index contributed by atoms with van der Waals surface area (Å²) in [5.41, 5.74) is 0. The first-order valence-corrected chi connectivity index (χ1v) is 8.62. The molecule has 1 saturated heterocycles. The summed E-state index contributed by atoms with van der Waals surface area (Å²) in [6.45, 7) is 9.45. The number of hydrogen-bond donors (Lipinski definition) is 0. The number of hydroxylamine groups is 2. The number of carbonyl (C=O) groups excluding carboxylic acids is 1. The Morgan fingerprint density at radius 3 is 2.62 bits per heavy atom. The van der Waals surface area contributed by atoms with E-state index >= 15 is 0 Å². The molecule has 0 aromatic rings. The molecule has 6 nitrogen and oxygen atoms in total. The minimum atomic E-state index is -1.31. The quantitative estimate of drug-likeness (QED) is 0.370. The van der Waals surface area contributed by atoms with Crippen molar-refractivity contribution >= 4 is 14.8 Å². The molecule has 0 bridgehead atoms. The van der Waals surface area contributed by atoms with Gasteiger partial charge in [-0.15, -0.1) is 0 Å². The summed E-state index contributed by atoms with van der Waals surface area (Å²) in [5, 5.41) is 10.4. The summed E-state index contributed by atoms with van der Waals surface area (Å²) in [4.78, 5) is 11.1. The highest BCUT2D eigenvalue weighted by molar-refractivity contribution is 7.44. The first-order valence-electron chi connectivity index (χ1n) is 7.49. The number of carbonyl (C=O) groups is 1. The van der Waals surface area contributed by atoms with Gasteiger partial charge in [0.25, 0.3) is 8.53 Å². The molecule has 2 atom stereocenters. The lowest BCUT2D eigenvalue weighted by Crippen LogP contribution is -2.37. The Bertz CT molecular complexity index is 352. The molecule has 0 spiro atoms. The van der Waals surface area contributed by atoms with Gasteiger partial charge in [-0.2, -0.15) is 10.3 Å². The van der Waals surface area contributed by atoms with Crippen LogP contribution in [0.25, 0.3) is 0 Å². The molecule has 1 heterocycles. The van der Waals surface area contributed by atoms with E-state index in [-0.39, 0.29) is 18.1 Å². The highest BCUT2D eigenvalue weighted by Gasteiger charge is 2.33. The Balaban J connectivity index is 2.75. The van der Waals surface area contributed by atoms with Crippen LogP contribution in [0.5, 0.6) is 0 Å². The molecule has 0 aromatic heterocycles. The van der Waals surface area contributed by atoms with Gasteiger partial charge in [-0.05, 0) is 40.5 Å². The van der Waals surface area contributed by atoms with Crippen molar-refractivity contribution in [2.24, 2.45) is 0 Å². The van der Waals surface area contributed by atoms with E-state index in [0.717, 1.165) is 25.7 Å². The van der Waals surface area contributed by atoms with Crippen molar-refractivity contribution in [2.45, 2.75) is 65.1 Å². The van der Waals surface area contributed by atoms with Gasteiger partial charge in [0.15, 0.2) is 0 Å². The van der Waals surface area contributed by atoms with E-state index < -0.39 is 8.53 Å². The summed E-state index contributed by atoms with van der Waals surface area (Å²) < 4.78 is 14.0. The maximum atomic E-state index is 11.1. The average molecular weight is 315 g/mol. The van der Waals surface area contributed by atoms with Gasteiger partial charge >= 0.3 is 0 Å². The van der Waals surface area contributed by atoms with E-state index in [4.69, 9.17) is 14.4 Å². The molecule has 1 aliphatic heterocycles. The van der Waals surface area contributed by atoms with Gasteiger partial charge < -0.3 is 9.32 Å². The second-order valence-corrected chi connectivity index (χ2v) is 6.97. The predicted octanol–water partition coefficient (Wildman–Crippen LogP) is 2.86. The van der Waals surface area contributed by atoms with Crippen LogP contribution in [0, 0.1) is 11.3 Å². The zero-order valence-electron chi connectivity index (χ0n) is 13.4. The predicted molar refractivity (Wildman–Crippen MR) is 82.1 cm³/mol. The van der Waals surface area contributed by atoms with Crippen LogP contribution in [0.3, 0.4) is 0 Å². The average Bonchev–Trinajstić information content (AvgIpc) is 2.85. The molecule has 0 saturated carbocycles. The topological polar surface area (TPSA) is 65.8 Å². The van der Waals surface area contributed by atoms with Gasteiger partial charge in [-0.3, -0.25) is 0 Å². The van der Waals surface area contributed by atoms with Gasteiger partial charge in [0.05, 0.1) is 25.1 Å². The molecule has 120 valence electrons. The van der Waals surface area contributed by atoms with Gasteiger partial charge in [-0.1, -0.05) is 0 Å². The number of rotatable bonds is 9. The first kappa shape index (κ1) is 18.5. The SMILES string of the molecule is CC(C)N(C(C)C)P(OCCC#N)ON1CCC[C@H]1C=O. The number of nitrogens with zero attached hydrogens (tertiary/aromatic N) is 3. The molecular formula is C14H26N3O3P. The molecule has 0 radical (unpaired) electrons. The number of hydrogen-bond acceptors (Lipinski definition) is 6. The molecule has 21 heavy (non-hydrogen) atoms. The molecule has 0 amide bonds. The lowest BCUT2D eigenvalue weighted by atomic mass is 10.2. The molecular weight excluding hydrogens is 289 g/mol. The lowest BCUT2D eigenvalue weighted by Gasteiger charge is -2.37. The Labute approximate surface area is 128 Å². The van der Waals surface area contributed by atoms with Crippen LogP contribution in [-0.4, -0.2) is 47.3 Å². The van der Waals surface area contributed by atoms with Crippen LogP contribution in [0.15, 0.2) is 0 Å². The highest BCUT2D eigenvalue weighted by Crippen LogP contribution is 2.47. The van der Waals surface area contributed by atoms with E-state index in [0.29, 0.717) is 13.0 Å². The van der Waals surface area contributed by atoms with E-state index in [2.05, 4.69) is 38.4 Å². The third-order valence-electron chi connectivity index (χ3n) is 3.24. The fourth-order valence-electron chi connectivity index (χ4n) is 2.37. The fourth-order valence-corrected chi connectivity index (χ4v) is 4.02. The molecule has 0 aliphatic carbocycles. The smallest absolute Gasteiger partial charge is 0.277 e. The summed E-state index contributed by atoms with van der Waals surface area (Å²) in [5.74, 6) is 0. The van der Waals surface area contributed by atoms with E-state index in [9.17, 15) is 4.79 Å². The molecule has 1 rings (SSSR count). The normalized spacial score (nSPS) is 21.1. The third-order valence-corrected chi connectivity index (χ3v) is 5.30. The van der Waals surface area contributed by atoms with Gasteiger partial charge in [0.2, 0.25) is 0 Å². The van der Waals surface area contributed by atoms with E-state index in [1.54, 1.807) is 5.06 Å². The second-order valence-electron chi connectivity index (χ2n) is 5.61. The Morgan fingerprint density at radius 1 is 1.43 bits per heavy atom. The molecule has 0 N–H and O–H groups in total. The first-order chi connectivity index (χ1) is 10.0. The van der Waals surface area contributed by atoms with E-state index in [1.165, 1.54) is 0 Å². The van der Waals surface area contributed by atoms with Crippen molar-refractivity contribution in [1.29, 1.82) is 5.26 Å². The summed E-state index contributed by atoms with van der Waals surface area (Å²) in [6.07, 6.45) is 3.05. The van der Waals surface area contributed by atoms with Crippen molar-refractivity contribution in [2.75, 3.05) is 13.2 Å². The van der Waals surface area contributed by atoms with Crippen molar-refractivity contribution in [3.63, 3.8) is 0 Å². The summed E-state index contributed by atoms with van der Waals surface area (Å²) in [7, 11) is -1.31. The fraction of sp³-hybridized carbons (Fsp3) is 0.857. The van der Waals surface area contributed by atoms with Crippen LogP contribution in [0.2, 0.25) is 0 Å². The van der Waals surface area contributed by atoms with Crippen LogP contribution in [0.1, 0.15) is 47.0 Å². The minimum absolute atomic E-state index is 0.184. The Kier molecular flexibility index (Phi) is 8.31. The summed E-state index contributed by atoms with van der Waals surface area (Å²) in [6, 6.07) is 2.41. The van der Waals surface area contributed by atoms with Gasteiger partial charge in [0.1, 0.15) is 6.29 Å². The van der Waals surface area contributed by atoms with Crippen LogP contribution >= 0.6 is 8.53 Å². The Morgan fingerprint density at radius 2 is 2.10 bits per heavy atom. The second kappa shape index (κ2) is 9.45. The number of nitriles is 1. The van der Waals surface area contributed by atoms with Gasteiger partial charge in [0, 0.05) is 18.6 Å². The maximum Gasteiger partial charge on any atom is 0.277 e. The number of aldehydes is 1. The standard InChI is InChI=1S/C14H26N3O3P/c1-12(2)17(13(3)4)21(19-10-6-8-15)20-16-9-5-7-14(16)11-18/h11-14H,5-7,9-10H2,1-4H3/t14-,21?/m0/s1. The van der Waals surface area contributed by atoms with Crippen LogP contribution in [-0.2, 0) is 13.9 Å². The van der Waals surface area contributed by atoms with Crippen LogP contribution < -0.4 is 0 Å². The third kappa shape index (κ3) is 5.61. The molecule has 1 unspecified atom stereocenters. The molecule has 7 heteroatoms. The van der Waals surface area contributed by atoms with E-state index in [1.807, 2.05) is 0 Å². The largest absolute Gasteiger partial charge is 0.320 e. The molecule has 1 aliphatic rings. The van der Waals surface area contributed by atoms with Crippen molar-refractivity contribution < 1.29 is 13.9 Å². The Hall–Kier alpha value is -0.570. The maximum absolute atomic E-state index is 11.1. The summed E-state index contributed by atoms with van der Waals surface area (Å²) >= 11 is 0. The van der Waals surface area contributed by atoms with Gasteiger partial charge in [-0.25, -0.2) is 9.29 Å². The monoisotopic (exact) mass is 315 g/mol. The van der Waals surface area contributed by atoms with Crippen molar-refractivity contribution in [3.8, 4) is 6.07 Å².